The molecule has 0 saturated carbocycles. The third-order valence-corrected chi connectivity index (χ3v) is 4.32. The molecule has 1 heterocycles. The van der Waals surface area contributed by atoms with Crippen LogP contribution in [0.5, 0.6) is 0 Å². The van der Waals surface area contributed by atoms with Crippen molar-refractivity contribution in [2.75, 3.05) is 26.2 Å². The van der Waals surface area contributed by atoms with Gasteiger partial charge in [0.15, 0.2) is 5.96 Å². The van der Waals surface area contributed by atoms with Crippen LogP contribution in [0.1, 0.15) is 44.2 Å². The quantitative estimate of drug-likeness (QED) is 0.273. The van der Waals surface area contributed by atoms with Crippen LogP contribution in [-0.2, 0) is 17.8 Å². The second-order valence-corrected chi connectivity index (χ2v) is 6.08. The van der Waals surface area contributed by atoms with E-state index in [1.165, 1.54) is 11.1 Å². The van der Waals surface area contributed by atoms with Crippen LogP contribution >= 0.6 is 24.0 Å². The summed E-state index contributed by atoms with van der Waals surface area (Å²) < 4.78 is 0. The molecule has 25 heavy (non-hydrogen) atoms. The van der Waals surface area contributed by atoms with Gasteiger partial charge in [-0.1, -0.05) is 31.2 Å². The fourth-order valence-electron chi connectivity index (χ4n) is 2.98. The van der Waals surface area contributed by atoms with Crippen LogP contribution in [-0.4, -0.2) is 42.9 Å². The van der Waals surface area contributed by atoms with Gasteiger partial charge in [0, 0.05) is 32.6 Å². The molecule has 1 aromatic rings. The standard InChI is InChI=1S/C19H30N4O.HI/c1-3-16-9-5-6-10-17(16)15-22-19(20-4-2)21-12-8-14-23-13-7-11-18(23)24;/h5-6,9-10H,3-4,7-8,11-15H2,1-2H3,(H2,20,21,22);1H. The number of hydrogen-bond acceptors (Lipinski definition) is 2. The zero-order chi connectivity index (χ0) is 17.2. The van der Waals surface area contributed by atoms with E-state index in [1.54, 1.807) is 0 Å². The van der Waals surface area contributed by atoms with Gasteiger partial charge in [-0.25, -0.2) is 4.99 Å². The smallest absolute Gasteiger partial charge is 0.222 e. The summed E-state index contributed by atoms with van der Waals surface area (Å²) in [5, 5.41) is 6.65. The van der Waals surface area contributed by atoms with Crippen molar-refractivity contribution >= 4 is 35.8 Å². The fraction of sp³-hybridized carbons (Fsp3) is 0.579. The Morgan fingerprint density at radius 1 is 1.20 bits per heavy atom. The van der Waals surface area contributed by atoms with Gasteiger partial charge < -0.3 is 15.5 Å². The number of rotatable bonds is 8. The maximum atomic E-state index is 11.6. The summed E-state index contributed by atoms with van der Waals surface area (Å²) in [4.78, 5) is 18.2. The van der Waals surface area contributed by atoms with Crippen molar-refractivity contribution in [2.45, 2.75) is 46.1 Å². The second-order valence-electron chi connectivity index (χ2n) is 6.08. The van der Waals surface area contributed by atoms with Crippen molar-refractivity contribution in [1.29, 1.82) is 0 Å². The normalized spacial score (nSPS) is 14.4. The molecule has 5 nitrogen and oxygen atoms in total. The number of guanidine groups is 1. The van der Waals surface area contributed by atoms with Crippen LogP contribution in [0.3, 0.4) is 0 Å². The van der Waals surface area contributed by atoms with Gasteiger partial charge in [0.1, 0.15) is 0 Å². The first-order valence-corrected chi connectivity index (χ1v) is 9.11. The highest BCUT2D eigenvalue weighted by atomic mass is 127. The Morgan fingerprint density at radius 3 is 2.60 bits per heavy atom. The van der Waals surface area contributed by atoms with Crippen molar-refractivity contribution < 1.29 is 4.79 Å². The van der Waals surface area contributed by atoms with Gasteiger partial charge in [-0.3, -0.25) is 4.79 Å². The van der Waals surface area contributed by atoms with E-state index in [-0.39, 0.29) is 24.0 Å². The first-order valence-electron chi connectivity index (χ1n) is 9.11. The number of amides is 1. The van der Waals surface area contributed by atoms with E-state index in [1.807, 2.05) is 4.90 Å². The van der Waals surface area contributed by atoms with Gasteiger partial charge in [-0.15, -0.1) is 24.0 Å². The molecule has 1 amide bonds. The molecule has 0 aliphatic carbocycles. The number of carbonyl (C=O) groups is 1. The Kier molecular flexibility index (Phi) is 10.5. The van der Waals surface area contributed by atoms with E-state index in [4.69, 9.17) is 4.99 Å². The zero-order valence-electron chi connectivity index (χ0n) is 15.4. The number of carbonyl (C=O) groups excluding carboxylic acids is 1. The minimum absolute atomic E-state index is 0. The number of nitrogens with zero attached hydrogens (tertiary/aromatic N) is 2. The monoisotopic (exact) mass is 458 g/mol. The van der Waals surface area contributed by atoms with Gasteiger partial charge in [-0.2, -0.15) is 0 Å². The molecule has 1 aliphatic rings. The predicted octanol–water partition coefficient (Wildman–Crippen LogP) is 2.93. The minimum atomic E-state index is 0. The largest absolute Gasteiger partial charge is 0.357 e. The third-order valence-electron chi connectivity index (χ3n) is 4.32. The van der Waals surface area contributed by atoms with Crippen LogP contribution in [0, 0.1) is 0 Å². The van der Waals surface area contributed by atoms with E-state index < -0.39 is 0 Å². The lowest BCUT2D eigenvalue weighted by atomic mass is 10.1. The van der Waals surface area contributed by atoms with Crippen LogP contribution in [0.25, 0.3) is 0 Å². The van der Waals surface area contributed by atoms with Gasteiger partial charge in [-0.05, 0) is 37.3 Å². The number of halogens is 1. The topological polar surface area (TPSA) is 56.7 Å². The molecule has 0 atom stereocenters. The molecule has 1 aliphatic heterocycles. The molecule has 0 radical (unpaired) electrons. The Bertz CT molecular complexity index is 562. The van der Waals surface area contributed by atoms with Gasteiger partial charge in [0.25, 0.3) is 0 Å². The van der Waals surface area contributed by atoms with E-state index >= 15 is 0 Å². The zero-order valence-corrected chi connectivity index (χ0v) is 17.7. The van der Waals surface area contributed by atoms with Gasteiger partial charge >= 0.3 is 0 Å². The summed E-state index contributed by atoms with van der Waals surface area (Å²) >= 11 is 0. The molecular weight excluding hydrogens is 427 g/mol. The van der Waals surface area contributed by atoms with Crippen LogP contribution in [0.4, 0.5) is 0 Å². The summed E-state index contributed by atoms with van der Waals surface area (Å²) in [5.74, 6) is 1.14. The molecule has 1 saturated heterocycles. The molecule has 2 N–H and O–H groups in total. The minimum Gasteiger partial charge on any atom is -0.357 e. The summed E-state index contributed by atoms with van der Waals surface area (Å²) in [7, 11) is 0. The summed E-state index contributed by atoms with van der Waals surface area (Å²) in [6.45, 7) is 8.34. The highest BCUT2D eigenvalue weighted by molar-refractivity contribution is 14.0. The van der Waals surface area contributed by atoms with Crippen molar-refractivity contribution in [3.05, 3.63) is 35.4 Å². The average molecular weight is 458 g/mol. The number of aliphatic imine (C=N–C) groups is 1. The number of likely N-dealkylation sites (tertiary alicyclic amines) is 1. The number of benzene rings is 1. The second kappa shape index (κ2) is 12.1. The molecule has 140 valence electrons. The first kappa shape index (κ1) is 21.7. The van der Waals surface area contributed by atoms with Crippen molar-refractivity contribution in [2.24, 2.45) is 4.99 Å². The molecule has 2 rings (SSSR count). The molecule has 0 bridgehead atoms. The highest BCUT2D eigenvalue weighted by Gasteiger charge is 2.18. The predicted molar refractivity (Wildman–Crippen MR) is 114 cm³/mol. The van der Waals surface area contributed by atoms with E-state index in [0.717, 1.165) is 51.4 Å². The summed E-state index contributed by atoms with van der Waals surface area (Å²) in [5.41, 5.74) is 2.63. The van der Waals surface area contributed by atoms with Crippen LogP contribution < -0.4 is 10.6 Å². The third kappa shape index (κ3) is 7.22. The van der Waals surface area contributed by atoms with Gasteiger partial charge in [0.05, 0.1) is 6.54 Å². The molecular formula is C19H31IN4O. The maximum Gasteiger partial charge on any atom is 0.222 e. The molecule has 0 unspecified atom stereocenters. The van der Waals surface area contributed by atoms with E-state index in [2.05, 4.69) is 48.7 Å². The SMILES string of the molecule is CCNC(=NCc1ccccc1CC)NCCCN1CCCC1=O.I. The van der Waals surface area contributed by atoms with Crippen molar-refractivity contribution in [3.8, 4) is 0 Å². The molecule has 0 spiro atoms. The first-order chi connectivity index (χ1) is 11.7. The van der Waals surface area contributed by atoms with Gasteiger partial charge in [0.2, 0.25) is 5.91 Å². The summed E-state index contributed by atoms with van der Waals surface area (Å²) in [6, 6.07) is 8.45. The number of hydrogen-bond donors (Lipinski definition) is 2. The van der Waals surface area contributed by atoms with E-state index in [0.29, 0.717) is 18.9 Å². The van der Waals surface area contributed by atoms with Crippen molar-refractivity contribution in [3.63, 3.8) is 0 Å². The van der Waals surface area contributed by atoms with Crippen LogP contribution in [0.15, 0.2) is 29.3 Å². The Morgan fingerprint density at radius 2 is 1.96 bits per heavy atom. The lowest BCUT2D eigenvalue weighted by Gasteiger charge is -2.16. The molecule has 6 heteroatoms. The Labute approximate surface area is 168 Å². The number of nitrogens with one attached hydrogen (secondary N) is 2. The van der Waals surface area contributed by atoms with Crippen molar-refractivity contribution in [1.82, 2.24) is 15.5 Å². The molecule has 0 aromatic heterocycles. The summed E-state index contributed by atoms with van der Waals surface area (Å²) in [6.07, 6.45) is 3.70. The fourth-order valence-corrected chi connectivity index (χ4v) is 2.98. The molecule has 1 fully saturated rings. The lowest BCUT2D eigenvalue weighted by Crippen LogP contribution is -2.39. The van der Waals surface area contributed by atoms with E-state index in [9.17, 15) is 4.79 Å². The lowest BCUT2D eigenvalue weighted by molar-refractivity contribution is -0.127. The number of aryl methyl sites for hydroxylation is 1. The Hall–Kier alpha value is -1.31. The molecule has 1 aromatic carbocycles. The average Bonchev–Trinajstić information content (AvgIpc) is 3.01. The highest BCUT2D eigenvalue weighted by Crippen LogP contribution is 2.11. The Balaban J connectivity index is 0.00000312. The van der Waals surface area contributed by atoms with Crippen LogP contribution in [0.2, 0.25) is 0 Å². The maximum absolute atomic E-state index is 11.6.